The summed E-state index contributed by atoms with van der Waals surface area (Å²) in [4.78, 5) is 42.4. The van der Waals surface area contributed by atoms with Gasteiger partial charge in [-0.15, -0.1) is 11.3 Å². The van der Waals surface area contributed by atoms with Gasteiger partial charge in [0.05, 0.1) is 11.7 Å². The summed E-state index contributed by atoms with van der Waals surface area (Å²) in [6.45, 7) is 4.97. The number of esters is 1. The number of amides is 1. The van der Waals surface area contributed by atoms with Crippen molar-refractivity contribution < 1.29 is 14.3 Å². The third-order valence-electron chi connectivity index (χ3n) is 4.12. The van der Waals surface area contributed by atoms with E-state index in [-0.39, 0.29) is 12.1 Å². The Kier molecular flexibility index (Phi) is 5.36. The molecule has 0 bridgehead atoms. The zero-order chi connectivity index (χ0) is 19.6. The van der Waals surface area contributed by atoms with E-state index in [9.17, 15) is 14.4 Å². The predicted octanol–water partition coefficient (Wildman–Crippen LogP) is 2.57. The van der Waals surface area contributed by atoms with Crippen LogP contribution in [0.3, 0.4) is 0 Å². The van der Waals surface area contributed by atoms with Gasteiger partial charge in [0.1, 0.15) is 11.4 Å². The normalized spacial score (nSPS) is 10.8. The molecule has 1 aromatic carbocycles. The van der Waals surface area contributed by atoms with Crippen LogP contribution in [-0.2, 0) is 20.9 Å². The number of rotatable bonds is 5. The highest BCUT2D eigenvalue weighted by Crippen LogP contribution is 2.25. The zero-order valence-electron chi connectivity index (χ0n) is 15.2. The van der Waals surface area contributed by atoms with Crippen molar-refractivity contribution in [2.24, 2.45) is 0 Å². The van der Waals surface area contributed by atoms with Crippen molar-refractivity contribution >= 4 is 39.1 Å². The summed E-state index contributed by atoms with van der Waals surface area (Å²) in [5.41, 5.74) is 2.21. The molecule has 0 saturated heterocycles. The van der Waals surface area contributed by atoms with Gasteiger partial charge in [0, 0.05) is 10.6 Å². The van der Waals surface area contributed by atoms with E-state index < -0.39 is 18.5 Å². The van der Waals surface area contributed by atoms with Crippen LogP contribution in [-0.4, -0.2) is 28.0 Å². The molecule has 0 aliphatic heterocycles. The number of ether oxygens (including phenoxy) is 1. The van der Waals surface area contributed by atoms with Crippen LogP contribution >= 0.6 is 11.3 Å². The van der Waals surface area contributed by atoms with Crippen molar-refractivity contribution in [1.82, 2.24) is 9.55 Å². The number of carbonyl (C=O) groups is 2. The van der Waals surface area contributed by atoms with Crippen LogP contribution in [0, 0.1) is 20.8 Å². The van der Waals surface area contributed by atoms with Crippen molar-refractivity contribution in [3.63, 3.8) is 0 Å². The lowest BCUT2D eigenvalue weighted by atomic mass is 10.2. The maximum Gasteiger partial charge on any atom is 0.326 e. The van der Waals surface area contributed by atoms with E-state index in [0.29, 0.717) is 15.9 Å². The van der Waals surface area contributed by atoms with Crippen molar-refractivity contribution in [2.45, 2.75) is 27.3 Å². The Hall–Kier alpha value is -3.00. The van der Waals surface area contributed by atoms with Gasteiger partial charge < -0.3 is 10.1 Å². The number of aryl methyl sites for hydroxylation is 3. The van der Waals surface area contributed by atoms with Gasteiger partial charge in [0.25, 0.3) is 11.5 Å². The first-order valence-electron chi connectivity index (χ1n) is 8.32. The quantitative estimate of drug-likeness (QED) is 0.682. The minimum Gasteiger partial charge on any atom is -0.454 e. The molecule has 140 valence electrons. The molecule has 7 nitrogen and oxygen atoms in total. The maximum atomic E-state index is 12.6. The molecule has 0 fully saturated rings. The van der Waals surface area contributed by atoms with E-state index in [4.69, 9.17) is 4.74 Å². The summed E-state index contributed by atoms with van der Waals surface area (Å²) >= 11 is 1.44. The molecule has 8 heteroatoms. The minimum absolute atomic E-state index is 0.289. The second kappa shape index (κ2) is 7.71. The molecule has 0 spiro atoms. The van der Waals surface area contributed by atoms with E-state index in [1.807, 2.05) is 39.0 Å². The number of nitrogens with one attached hydrogen (secondary N) is 1. The SMILES string of the molecule is Cc1cccc(NC(=O)COC(=O)Cn2cnc3sc(C)c(C)c3c2=O)c1. The summed E-state index contributed by atoms with van der Waals surface area (Å²) in [6.07, 6.45) is 1.33. The Morgan fingerprint density at radius 3 is 2.78 bits per heavy atom. The first-order chi connectivity index (χ1) is 12.8. The number of benzene rings is 1. The number of hydrogen-bond acceptors (Lipinski definition) is 6. The topological polar surface area (TPSA) is 90.3 Å². The Morgan fingerprint density at radius 2 is 2.04 bits per heavy atom. The van der Waals surface area contributed by atoms with Crippen LogP contribution in [0.4, 0.5) is 5.69 Å². The molecule has 0 aliphatic rings. The van der Waals surface area contributed by atoms with Crippen molar-refractivity contribution in [1.29, 1.82) is 0 Å². The summed E-state index contributed by atoms with van der Waals surface area (Å²) in [6, 6.07) is 7.29. The number of hydrogen-bond donors (Lipinski definition) is 1. The van der Waals surface area contributed by atoms with Gasteiger partial charge in [-0.2, -0.15) is 0 Å². The highest BCUT2D eigenvalue weighted by Gasteiger charge is 2.15. The van der Waals surface area contributed by atoms with Crippen LogP contribution in [0.5, 0.6) is 0 Å². The summed E-state index contributed by atoms with van der Waals surface area (Å²) in [7, 11) is 0. The van der Waals surface area contributed by atoms with E-state index in [1.54, 1.807) is 6.07 Å². The molecule has 0 radical (unpaired) electrons. The van der Waals surface area contributed by atoms with E-state index >= 15 is 0 Å². The average molecular weight is 385 g/mol. The van der Waals surface area contributed by atoms with Crippen LogP contribution in [0.15, 0.2) is 35.4 Å². The number of fused-ring (bicyclic) bond motifs is 1. The molecule has 0 unspecified atom stereocenters. The molecule has 1 amide bonds. The monoisotopic (exact) mass is 385 g/mol. The molecule has 3 rings (SSSR count). The molecule has 2 aromatic heterocycles. The zero-order valence-corrected chi connectivity index (χ0v) is 16.1. The molecule has 3 aromatic rings. The average Bonchev–Trinajstić information content (AvgIpc) is 2.91. The number of aromatic nitrogens is 2. The molecule has 0 aliphatic carbocycles. The fourth-order valence-corrected chi connectivity index (χ4v) is 3.62. The lowest BCUT2D eigenvalue weighted by molar-refractivity contribution is -0.147. The fourth-order valence-electron chi connectivity index (χ4n) is 2.63. The van der Waals surface area contributed by atoms with Crippen molar-refractivity contribution in [2.75, 3.05) is 11.9 Å². The fraction of sp³-hybridized carbons (Fsp3) is 0.263. The van der Waals surface area contributed by atoms with Gasteiger partial charge >= 0.3 is 5.97 Å². The number of carbonyl (C=O) groups excluding carboxylic acids is 2. The Morgan fingerprint density at radius 1 is 1.26 bits per heavy atom. The summed E-state index contributed by atoms with van der Waals surface area (Å²) in [5.74, 6) is -1.12. The van der Waals surface area contributed by atoms with E-state index in [1.165, 1.54) is 22.2 Å². The molecular formula is C19H19N3O4S. The molecule has 0 saturated carbocycles. The van der Waals surface area contributed by atoms with Gasteiger partial charge in [-0.25, -0.2) is 4.98 Å². The Labute approximate surface area is 159 Å². The molecule has 2 heterocycles. The van der Waals surface area contributed by atoms with Gasteiger partial charge in [-0.3, -0.25) is 19.0 Å². The number of nitrogens with zero attached hydrogens (tertiary/aromatic N) is 2. The van der Waals surface area contributed by atoms with Crippen LogP contribution in [0.25, 0.3) is 10.2 Å². The molecule has 0 atom stereocenters. The standard InChI is InChI=1S/C19H19N3O4S/c1-11-5-4-6-14(7-11)21-15(23)9-26-16(24)8-22-10-20-18-17(19(22)25)12(2)13(3)27-18/h4-7,10H,8-9H2,1-3H3,(H,21,23). The Bertz CT molecular complexity index is 1080. The minimum atomic E-state index is -0.678. The van der Waals surface area contributed by atoms with E-state index in [0.717, 1.165) is 16.0 Å². The third kappa shape index (κ3) is 4.22. The van der Waals surface area contributed by atoms with Crippen molar-refractivity contribution in [3.8, 4) is 0 Å². The largest absolute Gasteiger partial charge is 0.454 e. The second-order valence-electron chi connectivity index (χ2n) is 6.22. The van der Waals surface area contributed by atoms with Gasteiger partial charge in [-0.05, 0) is 44.0 Å². The Balaban J connectivity index is 1.62. The predicted molar refractivity (Wildman–Crippen MR) is 104 cm³/mol. The molecular weight excluding hydrogens is 366 g/mol. The first-order valence-corrected chi connectivity index (χ1v) is 9.14. The van der Waals surface area contributed by atoms with Crippen LogP contribution < -0.4 is 10.9 Å². The number of thiophene rings is 1. The lowest BCUT2D eigenvalue weighted by Gasteiger charge is -2.08. The highest BCUT2D eigenvalue weighted by atomic mass is 32.1. The second-order valence-corrected chi connectivity index (χ2v) is 7.42. The van der Waals surface area contributed by atoms with E-state index in [2.05, 4.69) is 10.3 Å². The van der Waals surface area contributed by atoms with Crippen molar-refractivity contribution in [3.05, 3.63) is 57.0 Å². The molecule has 1 N–H and O–H groups in total. The first kappa shape index (κ1) is 18.8. The third-order valence-corrected chi connectivity index (χ3v) is 5.24. The van der Waals surface area contributed by atoms with Crippen LogP contribution in [0.2, 0.25) is 0 Å². The molecule has 27 heavy (non-hydrogen) atoms. The van der Waals surface area contributed by atoms with Gasteiger partial charge in [0.2, 0.25) is 0 Å². The summed E-state index contributed by atoms with van der Waals surface area (Å²) < 4.78 is 6.17. The van der Waals surface area contributed by atoms with Gasteiger partial charge in [0.15, 0.2) is 6.61 Å². The smallest absolute Gasteiger partial charge is 0.326 e. The number of anilines is 1. The highest BCUT2D eigenvalue weighted by molar-refractivity contribution is 7.18. The van der Waals surface area contributed by atoms with Crippen LogP contribution in [0.1, 0.15) is 16.0 Å². The summed E-state index contributed by atoms with van der Waals surface area (Å²) in [5, 5.41) is 3.17. The maximum absolute atomic E-state index is 12.6. The lowest BCUT2D eigenvalue weighted by Crippen LogP contribution is -2.28. The van der Waals surface area contributed by atoms with Gasteiger partial charge in [-0.1, -0.05) is 12.1 Å².